The minimum Gasteiger partial charge on any atom is -0.320 e. The van der Waals surface area contributed by atoms with E-state index in [0.29, 0.717) is 6.04 Å². The van der Waals surface area contributed by atoms with Crippen molar-refractivity contribution < 1.29 is 0 Å². The molecule has 0 heterocycles. The predicted octanol–water partition coefficient (Wildman–Crippen LogP) is 4.32. The molecule has 21 heavy (non-hydrogen) atoms. The molecule has 0 aliphatic heterocycles. The third kappa shape index (κ3) is 4.42. The van der Waals surface area contributed by atoms with Crippen LogP contribution in [0.25, 0.3) is 0 Å². The Morgan fingerprint density at radius 1 is 1.14 bits per heavy atom. The Balaban J connectivity index is 3.17. The molecule has 0 saturated heterocycles. The number of nitrogens with two attached hydrogens (primary N) is 1. The van der Waals surface area contributed by atoms with E-state index >= 15 is 0 Å². The second-order valence-corrected chi connectivity index (χ2v) is 5.86. The molecule has 0 saturated carbocycles. The highest BCUT2D eigenvalue weighted by molar-refractivity contribution is 5.27. The van der Waals surface area contributed by atoms with Crippen LogP contribution in [-0.2, 0) is 5.54 Å². The molecular weight excluding hydrogens is 256 g/mol. The summed E-state index contributed by atoms with van der Waals surface area (Å²) in [5.74, 6) is 0. The lowest BCUT2D eigenvalue weighted by atomic mass is 9.78. The molecule has 0 aromatic heterocycles. The molecule has 0 amide bonds. The van der Waals surface area contributed by atoms with Crippen LogP contribution in [0.4, 0.5) is 0 Å². The van der Waals surface area contributed by atoms with Crippen molar-refractivity contribution in [2.45, 2.75) is 58.0 Å². The van der Waals surface area contributed by atoms with E-state index in [1.54, 1.807) is 0 Å². The van der Waals surface area contributed by atoms with Crippen LogP contribution in [0.1, 0.15) is 52.0 Å². The van der Waals surface area contributed by atoms with Crippen LogP contribution >= 0.6 is 0 Å². The summed E-state index contributed by atoms with van der Waals surface area (Å²) in [6.07, 6.45) is 6.15. The van der Waals surface area contributed by atoms with Gasteiger partial charge in [-0.2, -0.15) is 0 Å². The third-order valence-electron chi connectivity index (χ3n) is 4.24. The maximum Gasteiger partial charge on any atom is 0.0601 e. The van der Waals surface area contributed by atoms with Gasteiger partial charge in [-0.25, -0.2) is 0 Å². The van der Waals surface area contributed by atoms with Crippen LogP contribution in [0, 0.1) is 0 Å². The molecule has 0 aliphatic carbocycles. The Morgan fingerprint density at radius 2 is 1.71 bits per heavy atom. The Morgan fingerprint density at radius 3 is 2.14 bits per heavy atom. The second kappa shape index (κ2) is 9.01. The Labute approximate surface area is 131 Å². The summed E-state index contributed by atoms with van der Waals surface area (Å²) >= 11 is 0. The molecule has 2 unspecified atom stereocenters. The zero-order chi connectivity index (χ0) is 15.7. The number of nitrogens with zero attached hydrogens (tertiary/aromatic N) is 1. The van der Waals surface area contributed by atoms with E-state index in [4.69, 9.17) is 5.73 Å². The molecule has 0 spiro atoms. The summed E-state index contributed by atoms with van der Waals surface area (Å²) in [6.45, 7) is 12.9. The predicted molar refractivity (Wildman–Crippen MR) is 93.4 cm³/mol. The first-order valence-corrected chi connectivity index (χ1v) is 8.33. The van der Waals surface area contributed by atoms with Crippen molar-refractivity contribution >= 4 is 0 Å². The molecule has 1 aromatic carbocycles. The summed E-state index contributed by atoms with van der Waals surface area (Å²) in [4.78, 5) is 2.57. The van der Waals surface area contributed by atoms with Crippen LogP contribution in [0.3, 0.4) is 0 Å². The molecule has 1 rings (SSSR count). The summed E-state index contributed by atoms with van der Waals surface area (Å²) in [5, 5.41) is 0. The second-order valence-electron chi connectivity index (χ2n) is 5.86. The molecule has 2 nitrogen and oxygen atoms in total. The molecule has 1 aromatic rings. The monoisotopic (exact) mass is 288 g/mol. The van der Waals surface area contributed by atoms with Gasteiger partial charge in [-0.15, -0.1) is 6.58 Å². The number of hydrogen-bond donors (Lipinski definition) is 1. The molecule has 2 atom stereocenters. The molecular formula is C19H32N2. The highest BCUT2D eigenvalue weighted by Crippen LogP contribution is 2.32. The van der Waals surface area contributed by atoms with Crippen molar-refractivity contribution in [3.63, 3.8) is 0 Å². The van der Waals surface area contributed by atoms with Gasteiger partial charge in [0.05, 0.1) is 5.54 Å². The first-order valence-electron chi connectivity index (χ1n) is 8.33. The first-order chi connectivity index (χ1) is 10.1. The summed E-state index contributed by atoms with van der Waals surface area (Å²) in [6, 6.07) is 10.9. The molecule has 2 N–H and O–H groups in total. The van der Waals surface area contributed by atoms with Crippen molar-refractivity contribution in [2.75, 3.05) is 13.1 Å². The Hall–Kier alpha value is -1.12. The molecule has 0 bridgehead atoms. The van der Waals surface area contributed by atoms with Crippen molar-refractivity contribution in [2.24, 2.45) is 5.73 Å². The van der Waals surface area contributed by atoms with Gasteiger partial charge in [-0.05, 0) is 44.3 Å². The van der Waals surface area contributed by atoms with Crippen LogP contribution in [-0.4, -0.2) is 24.0 Å². The standard InChI is InChI=1S/C19H32N2/c1-5-14-19(20,17-12-10-9-11-13-17)18(8-4)21(15-6-2)16-7-3/h5,9-13,18H,1,6-8,14-16,20H2,2-4H3. The third-order valence-corrected chi connectivity index (χ3v) is 4.24. The van der Waals surface area contributed by atoms with E-state index in [9.17, 15) is 0 Å². The van der Waals surface area contributed by atoms with Crippen LogP contribution < -0.4 is 5.73 Å². The van der Waals surface area contributed by atoms with E-state index in [2.05, 4.69) is 62.6 Å². The molecule has 0 fully saturated rings. The number of benzene rings is 1. The summed E-state index contributed by atoms with van der Waals surface area (Å²) in [7, 11) is 0. The zero-order valence-corrected chi connectivity index (χ0v) is 14.0. The van der Waals surface area contributed by atoms with Gasteiger partial charge < -0.3 is 5.73 Å². The maximum atomic E-state index is 6.93. The van der Waals surface area contributed by atoms with Crippen molar-refractivity contribution in [1.82, 2.24) is 4.90 Å². The van der Waals surface area contributed by atoms with E-state index in [1.165, 1.54) is 5.56 Å². The largest absolute Gasteiger partial charge is 0.320 e. The van der Waals surface area contributed by atoms with Crippen LogP contribution in [0.15, 0.2) is 43.0 Å². The van der Waals surface area contributed by atoms with E-state index in [0.717, 1.165) is 38.8 Å². The molecule has 0 radical (unpaired) electrons. The highest BCUT2D eigenvalue weighted by atomic mass is 15.2. The van der Waals surface area contributed by atoms with Gasteiger partial charge in [-0.1, -0.05) is 57.2 Å². The summed E-state index contributed by atoms with van der Waals surface area (Å²) in [5.41, 5.74) is 7.79. The topological polar surface area (TPSA) is 29.3 Å². The Bertz CT molecular complexity index is 395. The summed E-state index contributed by atoms with van der Waals surface area (Å²) < 4.78 is 0. The van der Waals surface area contributed by atoms with Crippen LogP contribution in [0.2, 0.25) is 0 Å². The molecule has 118 valence electrons. The fourth-order valence-electron chi connectivity index (χ4n) is 3.38. The van der Waals surface area contributed by atoms with E-state index in [1.807, 2.05) is 6.08 Å². The lowest BCUT2D eigenvalue weighted by Crippen LogP contribution is -2.56. The minimum atomic E-state index is -0.359. The fraction of sp³-hybridized carbons (Fsp3) is 0.579. The minimum absolute atomic E-state index is 0.345. The van der Waals surface area contributed by atoms with Crippen LogP contribution in [0.5, 0.6) is 0 Å². The van der Waals surface area contributed by atoms with Gasteiger partial charge in [-0.3, -0.25) is 4.90 Å². The van der Waals surface area contributed by atoms with Crippen molar-refractivity contribution in [3.8, 4) is 0 Å². The van der Waals surface area contributed by atoms with Gasteiger partial charge in [0.15, 0.2) is 0 Å². The smallest absolute Gasteiger partial charge is 0.0601 e. The van der Waals surface area contributed by atoms with Crippen molar-refractivity contribution in [1.29, 1.82) is 0 Å². The van der Waals surface area contributed by atoms with E-state index in [-0.39, 0.29) is 5.54 Å². The average Bonchev–Trinajstić information content (AvgIpc) is 2.49. The number of rotatable bonds is 10. The lowest BCUT2D eigenvalue weighted by Gasteiger charge is -2.44. The van der Waals surface area contributed by atoms with Gasteiger partial charge in [0.2, 0.25) is 0 Å². The average molecular weight is 288 g/mol. The lowest BCUT2D eigenvalue weighted by molar-refractivity contribution is 0.113. The van der Waals surface area contributed by atoms with Gasteiger partial charge in [0, 0.05) is 6.04 Å². The van der Waals surface area contributed by atoms with Gasteiger partial charge >= 0.3 is 0 Å². The normalized spacial score (nSPS) is 15.7. The molecule has 2 heteroatoms. The van der Waals surface area contributed by atoms with Crippen molar-refractivity contribution in [3.05, 3.63) is 48.6 Å². The highest BCUT2D eigenvalue weighted by Gasteiger charge is 2.37. The fourth-order valence-corrected chi connectivity index (χ4v) is 3.38. The zero-order valence-electron chi connectivity index (χ0n) is 14.0. The number of hydrogen-bond acceptors (Lipinski definition) is 2. The van der Waals surface area contributed by atoms with Gasteiger partial charge in [0.25, 0.3) is 0 Å². The quantitative estimate of drug-likeness (QED) is 0.650. The van der Waals surface area contributed by atoms with Gasteiger partial charge in [0.1, 0.15) is 0 Å². The van der Waals surface area contributed by atoms with E-state index < -0.39 is 0 Å². The Kier molecular flexibility index (Phi) is 7.69. The SMILES string of the molecule is C=CCC(N)(c1ccccc1)C(CC)N(CCC)CCC. The molecule has 0 aliphatic rings. The maximum absolute atomic E-state index is 6.93. The first kappa shape index (κ1) is 17.9.